The SMILES string of the molecule is COC(=O)N[C@H](C(=O)N1CCC[C@H]1c1nc2ccc3nc(-c4cc5ccc6nc([C@@H]7CCCN7C(=O)[C@@H](NC(=O)O)C(C)C)[nH]c6c5cn4)oc3c2[nH]1)C(C)C. The number of hydrogen-bond donors (Lipinski definition) is 5. The number of nitrogens with zero attached hydrogens (tertiary/aromatic N) is 6. The van der Waals surface area contributed by atoms with Crippen LogP contribution in [0.3, 0.4) is 0 Å². The number of fused-ring (bicyclic) bond motifs is 6. The van der Waals surface area contributed by atoms with E-state index in [1.807, 2.05) is 58.0 Å². The molecular weight excluding hydrogens is 720 g/mol. The molecule has 0 spiro atoms. The number of methoxy groups -OCH3 is 1. The molecule has 2 aromatic carbocycles. The van der Waals surface area contributed by atoms with Crippen molar-refractivity contribution in [3.05, 3.63) is 48.2 Å². The fraction of sp³-hybridized carbons (Fsp3) is 0.436. The molecule has 17 heteroatoms. The number of carbonyl (C=O) groups excluding carboxylic acids is 3. The minimum atomic E-state index is -1.23. The van der Waals surface area contributed by atoms with Gasteiger partial charge in [-0.1, -0.05) is 33.8 Å². The molecule has 0 unspecified atom stereocenters. The topological polar surface area (TPSA) is 225 Å². The second kappa shape index (κ2) is 14.4. The molecule has 2 fully saturated rings. The normalized spacial score (nSPS) is 18.5. The largest absolute Gasteiger partial charge is 0.465 e. The Hall–Kier alpha value is -6.26. The van der Waals surface area contributed by atoms with Crippen LogP contribution in [0.2, 0.25) is 0 Å². The third-order valence-electron chi connectivity index (χ3n) is 10.9. The lowest BCUT2D eigenvalue weighted by Gasteiger charge is -2.29. The number of rotatable bonds is 9. The van der Waals surface area contributed by atoms with Gasteiger partial charge < -0.3 is 44.7 Å². The fourth-order valence-electron chi connectivity index (χ4n) is 8.07. The van der Waals surface area contributed by atoms with Crippen molar-refractivity contribution in [1.29, 1.82) is 0 Å². The summed E-state index contributed by atoms with van der Waals surface area (Å²) in [5.41, 5.74) is 4.51. The van der Waals surface area contributed by atoms with E-state index in [1.165, 1.54) is 7.11 Å². The zero-order chi connectivity index (χ0) is 39.4. The molecule has 2 aliphatic rings. The van der Waals surface area contributed by atoms with E-state index in [4.69, 9.17) is 29.1 Å². The monoisotopic (exact) mass is 764 g/mol. The molecule has 56 heavy (non-hydrogen) atoms. The number of alkyl carbamates (subject to hydrolysis) is 1. The number of carboxylic acid groups (broad SMARTS) is 1. The van der Waals surface area contributed by atoms with Gasteiger partial charge in [-0.15, -0.1) is 0 Å². The number of hydrogen-bond acceptors (Lipinski definition) is 10. The van der Waals surface area contributed by atoms with Crippen LogP contribution in [0, 0.1) is 11.8 Å². The van der Waals surface area contributed by atoms with Gasteiger partial charge in [0.05, 0.1) is 35.7 Å². The van der Waals surface area contributed by atoms with E-state index >= 15 is 0 Å². The van der Waals surface area contributed by atoms with Crippen molar-refractivity contribution in [3.8, 4) is 11.6 Å². The molecule has 292 valence electrons. The summed E-state index contributed by atoms with van der Waals surface area (Å²) in [6.45, 7) is 8.45. The molecule has 0 bridgehead atoms. The maximum absolute atomic E-state index is 13.7. The van der Waals surface area contributed by atoms with Crippen molar-refractivity contribution in [2.75, 3.05) is 20.2 Å². The molecule has 0 radical (unpaired) electrons. The van der Waals surface area contributed by atoms with Gasteiger partial charge >= 0.3 is 12.2 Å². The van der Waals surface area contributed by atoms with Crippen LogP contribution >= 0.6 is 0 Å². The van der Waals surface area contributed by atoms with E-state index in [9.17, 15) is 24.3 Å². The summed E-state index contributed by atoms with van der Waals surface area (Å²) in [6.07, 6.45) is 2.86. The molecule has 2 aliphatic heterocycles. The third kappa shape index (κ3) is 6.49. The van der Waals surface area contributed by atoms with E-state index in [0.29, 0.717) is 71.3 Å². The van der Waals surface area contributed by atoms with Gasteiger partial charge in [-0.25, -0.2) is 24.5 Å². The minimum absolute atomic E-state index is 0.147. The molecule has 4 aromatic heterocycles. The van der Waals surface area contributed by atoms with Crippen LogP contribution in [0.5, 0.6) is 0 Å². The number of oxazole rings is 1. The Morgan fingerprint density at radius 2 is 1.39 bits per heavy atom. The number of carbonyl (C=O) groups is 4. The summed E-state index contributed by atoms with van der Waals surface area (Å²) >= 11 is 0. The summed E-state index contributed by atoms with van der Waals surface area (Å²) in [6, 6.07) is 7.27. The molecule has 6 aromatic rings. The van der Waals surface area contributed by atoms with Crippen LogP contribution in [0.1, 0.15) is 77.1 Å². The molecule has 5 N–H and O–H groups in total. The zero-order valence-corrected chi connectivity index (χ0v) is 31.8. The Morgan fingerprint density at radius 1 is 0.821 bits per heavy atom. The molecule has 0 aliphatic carbocycles. The molecule has 17 nitrogen and oxygen atoms in total. The molecular formula is C39H44N10O7. The number of aromatic amines is 2. The van der Waals surface area contributed by atoms with E-state index in [2.05, 4.69) is 20.6 Å². The number of H-pyrrole nitrogens is 2. The van der Waals surface area contributed by atoms with Crippen LogP contribution in [-0.4, -0.2) is 101 Å². The van der Waals surface area contributed by atoms with Gasteiger partial charge in [0.2, 0.25) is 17.7 Å². The van der Waals surface area contributed by atoms with Crippen molar-refractivity contribution in [1.82, 2.24) is 50.3 Å². The quantitative estimate of drug-likeness (QED) is 0.118. The first-order valence-electron chi connectivity index (χ1n) is 18.9. The second-order valence-electron chi connectivity index (χ2n) is 15.2. The van der Waals surface area contributed by atoms with Gasteiger partial charge in [-0.3, -0.25) is 14.6 Å². The first-order chi connectivity index (χ1) is 26.9. The van der Waals surface area contributed by atoms with E-state index in [0.717, 1.165) is 34.6 Å². The maximum Gasteiger partial charge on any atom is 0.407 e. The first-order valence-corrected chi connectivity index (χ1v) is 18.9. The summed E-state index contributed by atoms with van der Waals surface area (Å²) in [5, 5.41) is 16.1. The lowest BCUT2D eigenvalue weighted by molar-refractivity contribution is -0.136. The highest BCUT2D eigenvalue weighted by atomic mass is 16.5. The molecule has 6 heterocycles. The highest BCUT2D eigenvalue weighted by Gasteiger charge is 2.39. The fourth-order valence-corrected chi connectivity index (χ4v) is 8.07. The number of nitrogens with one attached hydrogen (secondary N) is 4. The summed E-state index contributed by atoms with van der Waals surface area (Å²) in [7, 11) is 1.27. The summed E-state index contributed by atoms with van der Waals surface area (Å²) in [5.74, 6) is 0.792. The van der Waals surface area contributed by atoms with Gasteiger partial charge in [0.1, 0.15) is 40.5 Å². The maximum atomic E-state index is 13.7. The number of pyridine rings is 1. The Kier molecular flexibility index (Phi) is 9.46. The Labute approximate surface area is 320 Å². The van der Waals surface area contributed by atoms with E-state index < -0.39 is 24.3 Å². The number of likely N-dealkylation sites (tertiary alicyclic amines) is 2. The van der Waals surface area contributed by atoms with Crippen LogP contribution in [0.15, 0.2) is 40.9 Å². The number of imidazole rings is 2. The molecule has 4 atom stereocenters. The molecule has 8 rings (SSSR count). The minimum Gasteiger partial charge on any atom is -0.465 e. The predicted octanol–water partition coefficient (Wildman–Crippen LogP) is 5.80. The van der Waals surface area contributed by atoms with Crippen LogP contribution in [-0.2, 0) is 14.3 Å². The number of amides is 4. The lowest BCUT2D eigenvalue weighted by atomic mass is 10.0. The average molecular weight is 765 g/mol. The van der Waals surface area contributed by atoms with Gasteiger partial charge in [0, 0.05) is 24.7 Å². The van der Waals surface area contributed by atoms with Crippen molar-refractivity contribution in [3.63, 3.8) is 0 Å². The zero-order valence-electron chi connectivity index (χ0n) is 31.8. The van der Waals surface area contributed by atoms with Crippen LogP contribution in [0.25, 0.3) is 55.5 Å². The Balaban J connectivity index is 1.07. The standard InChI is InChI=1S/C39H44N10O7/c1-18(2)28(46-38(52)53)36(50)48-14-6-8-26(48)33-41-22-11-10-20-16-25(40-17-21(20)30(22)44-33)35-43-24-13-12-23-31(32(24)56-35)45-34(42-23)27-9-7-15-49(27)37(51)29(19(3)4)47-39(54)55-5/h10-13,16-19,26-29,46H,6-9,14-15H2,1-5H3,(H,41,44)(H,42,45)(H,47,54)(H,52,53)/t26-,27-,28-,29-/m0/s1. The molecule has 4 amide bonds. The number of benzene rings is 2. The summed E-state index contributed by atoms with van der Waals surface area (Å²) < 4.78 is 11.1. The first kappa shape index (κ1) is 36.7. The smallest absolute Gasteiger partial charge is 0.407 e. The average Bonchev–Trinajstić information content (AvgIpc) is 4.02. The van der Waals surface area contributed by atoms with Crippen molar-refractivity contribution in [2.45, 2.75) is 77.5 Å². The van der Waals surface area contributed by atoms with Gasteiger partial charge in [-0.05, 0) is 67.2 Å². The van der Waals surface area contributed by atoms with E-state index in [-0.39, 0.29) is 35.7 Å². The summed E-state index contributed by atoms with van der Waals surface area (Å²) in [4.78, 5) is 80.2. The second-order valence-corrected chi connectivity index (χ2v) is 15.2. The highest BCUT2D eigenvalue weighted by molar-refractivity contribution is 6.05. The Morgan fingerprint density at radius 3 is 2.00 bits per heavy atom. The molecule has 2 saturated heterocycles. The highest BCUT2D eigenvalue weighted by Crippen LogP contribution is 2.37. The van der Waals surface area contributed by atoms with Gasteiger partial charge in [-0.2, -0.15) is 0 Å². The lowest BCUT2D eigenvalue weighted by Crippen LogP contribution is -2.51. The Bertz CT molecular complexity index is 2500. The molecule has 0 saturated carbocycles. The van der Waals surface area contributed by atoms with Crippen LogP contribution in [0.4, 0.5) is 9.59 Å². The van der Waals surface area contributed by atoms with Crippen molar-refractivity contribution < 1.29 is 33.4 Å². The van der Waals surface area contributed by atoms with Gasteiger partial charge in [0.25, 0.3) is 0 Å². The van der Waals surface area contributed by atoms with Crippen molar-refractivity contribution in [2.24, 2.45) is 11.8 Å². The predicted molar refractivity (Wildman–Crippen MR) is 205 cm³/mol. The van der Waals surface area contributed by atoms with Crippen LogP contribution < -0.4 is 10.6 Å². The number of ether oxygens (including phenoxy) is 1. The third-order valence-corrected chi connectivity index (χ3v) is 10.9. The van der Waals surface area contributed by atoms with Crippen molar-refractivity contribution >= 4 is 67.9 Å². The number of aromatic nitrogens is 6. The van der Waals surface area contributed by atoms with E-state index in [1.54, 1.807) is 16.0 Å². The van der Waals surface area contributed by atoms with Gasteiger partial charge in [0.15, 0.2) is 5.58 Å².